The van der Waals surface area contributed by atoms with Crippen molar-refractivity contribution in [1.29, 1.82) is 0 Å². The average molecular weight is 207 g/mol. The largest absolute Gasteiger partial charge is 0.461 e. The van der Waals surface area contributed by atoms with Crippen LogP contribution in [-0.2, 0) is 9.53 Å². The van der Waals surface area contributed by atoms with Gasteiger partial charge in [0.15, 0.2) is 0 Å². The van der Waals surface area contributed by atoms with Gasteiger partial charge in [0, 0.05) is 11.1 Å². The summed E-state index contributed by atoms with van der Waals surface area (Å²) in [5.74, 6) is -0.288. The number of nitrogens with two attached hydrogens (primary N) is 1. The van der Waals surface area contributed by atoms with Gasteiger partial charge in [-0.25, -0.2) is 4.79 Å². The standard InChI is InChI=1S/C12H17NO2/c1-8(13)5-6-10-9(2)12(3,4)7-15-11(10)14/h5-6H,1,7,13H2,2-4H3/b6-5-. The van der Waals surface area contributed by atoms with E-state index in [1.165, 1.54) is 0 Å². The SMILES string of the molecule is C=C(N)/C=C\C1=C(C)C(C)(C)COC1=O. The Morgan fingerprint density at radius 1 is 1.60 bits per heavy atom. The molecule has 0 atom stereocenters. The quantitative estimate of drug-likeness (QED) is 0.556. The van der Waals surface area contributed by atoms with Crippen LogP contribution in [0.1, 0.15) is 20.8 Å². The molecule has 2 N–H and O–H groups in total. The molecule has 3 heteroatoms. The van der Waals surface area contributed by atoms with E-state index in [2.05, 4.69) is 6.58 Å². The van der Waals surface area contributed by atoms with E-state index in [0.717, 1.165) is 5.57 Å². The van der Waals surface area contributed by atoms with E-state index in [9.17, 15) is 4.79 Å². The van der Waals surface area contributed by atoms with Gasteiger partial charge < -0.3 is 10.5 Å². The fourth-order valence-corrected chi connectivity index (χ4v) is 1.33. The molecule has 1 aliphatic heterocycles. The molecule has 0 fully saturated rings. The second kappa shape index (κ2) is 3.93. The summed E-state index contributed by atoms with van der Waals surface area (Å²) in [4.78, 5) is 11.5. The molecule has 0 aromatic rings. The van der Waals surface area contributed by atoms with E-state index in [1.54, 1.807) is 12.2 Å². The highest BCUT2D eigenvalue weighted by molar-refractivity contribution is 5.93. The number of hydrogen-bond donors (Lipinski definition) is 1. The number of ether oxygens (including phenoxy) is 1. The molecule has 0 saturated carbocycles. The van der Waals surface area contributed by atoms with Crippen molar-refractivity contribution in [3.05, 3.63) is 35.6 Å². The Bertz CT molecular complexity index is 362. The zero-order valence-corrected chi connectivity index (χ0v) is 9.46. The van der Waals surface area contributed by atoms with Gasteiger partial charge in [-0.05, 0) is 24.6 Å². The number of carbonyl (C=O) groups is 1. The summed E-state index contributed by atoms with van der Waals surface area (Å²) in [5, 5.41) is 0. The molecule has 0 aromatic carbocycles. The third kappa shape index (κ3) is 2.49. The zero-order chi connectivity index (χ0) is 11.6. The van der Waals surface area contributed by atoms with Crippen LogP contribution in [0, 0.1) is 5.41 Å². The van der Waals surface area contributed by atoms with Crippen molar-refractivity contribution in [2.45, 2.75) is 20.8 Å². The summed E-state index contributed by atoms with van der Waals surface area (Å²) in [6.45, 7) is 10.00. The fourth-order valence-electron chi connectivity index (χ4n) is 1.33. The van der Waals surface area contributed by atoms with Crippen molar-refractivity contribution >= 4 is 5.97 Å². The average Bonchev–Trinajstić information content (AvgIpc) is 2.12. The zero-order valence-electron chi connectivity index (χ0n) is 9.46. The molecule has 82 valence electrons. The van der Waals surface area contributed by atoms with Crippen molar-refractivity contribution in [1.82, 2.24) is 0 Å². The van der Waals surface area contributed by atoms with E-state index in [1.807, 2.05) is 20.8 Å². The number of hydrogen-bond acceptors (Lipinski definition) is 3. The summed E-state index contributed by atoms with van der Waals surface area (Å²) in [6, 6.07) is 0. The lowest BCUT2D eigenvalue weighted by atomic mass is 9.81. The summed E-state index contributed by atoms with van der Waals surface area (Å²) in [6.07, 6.45) is 3.28. The minimum Gasteiger partial charge on any atom is -0.461 e. The van der Waals surface area contributed by atoms with E-state index in [0.29, 0.717) is 17.9 Å². The van der Waals surface area contributed by atoms with Gasteiger partial charge in [-0.15, -0.1) is 0 Å². The van der Waals surface area contributed by atoms with E-state index in [-0.39, 0.29) is 11.4 Å². The lowest BCUT2D eigenvalue weighted by molar-refractivity contribution is -0.142. The Balaban J connectivity index is 3.10. The molecule has 0 spiro atoms. The molecule has 1 rings (SSSR count). The van der Waals surface area contributed by atoms with Gasteiger partial charge in [0.2, 0.25) is 0 Å². The maximum Gasteiger partial charge on any atom is 0.338 e. The Labute approximate surface area is 90.3 Å². The molecule has 3 nitrogen and oxygen atoms in total. The van der Waals surface area contributed by atoms with Crippen LogP contribution < -0.4 is 5.73 Å². The highest BCUT2D eigenvalue weighted by atomic mass is 16.5. The first-order valence-electron chi connectivity index (χ1n) is 4.85. The van der Waals surface area contributed by atoms with Crippen molar-refractivity contribution in [3.8, 4) is 0 Å². The van der Waals surface area contributed by atoms with Gasteiger partial charge in [0.05, 0.1) is 5.57 Å². The van der Waals surface area contributed by atoms with Gasteiger partial charge in [-0.1, -0.05) is 20.4 Å². The van der Waals surface area contributed by atoms with Gasteiger partial charge in [-0.2, -0.15) is 0 Å². The van der Waals surface area contributed by atoms with E-state index < -0.39 is 0 Å². The molecule has 0 aromatic heterocycles. The molecule has 1 heterocycles. The molecule has 0 saturated heterocycles. The number of carbonyl (C=O) groups excluding carboxylic acids is 1. The Hall–Kier alpha value is -1.51. The summed E-state index contributed by atoms with van der Waals surface area (Å²) in [7, 11) is 0. The topological polar surface area (TPSA) is 52.3 Å². The predicted octanol–water partition coefficient (Wildman–Crippen LogP) is 1.91. The van der Waals surface area contributed by atoms with Crippen molar-refractivity contribution in [2.24, 2.45) is 11.1 Å². The number of rotatable bonds is 2. The van der Waals surface area contributed by atoms with Gasteiger partial charge >= 0.3 is 5.97 Å². The van der Waals surface area contributed by atoms with Crippen LogP contribution >= 0.6 is 0 Å². The van der Waals surface area contributed by atoms with Crippen molar-refractivity contribution in [2.75, 3.05) is 6.61 Å². The smallest absolute Gasteiger partial charge is 0.338 e. The van der Waals surface area contributed by atoms with Gasteiger partial charge in [0.25, 0.3) is 0 Å². The summed E-state index contributed by atoms with van der Waals surface area (Å²) >= 11 is 0. The van der Waals surface area contributed by atoms with Crippen LogP contribution in [-0.4, -0.2) is 12.6 Å². The maximum atomic E-state index is 11.5. The predicted molar refractivity (Wildman–Crippen MR) is 59.9 cm³/mol. The van der Waals surface area contributed by atoms with Crippen LogP contribution in [0.3, 0.4) is 0 Å². The van der Waals surface area contributed by atoms with Crippen LogP contribution in [0.5, 0.6) is 0 Å². The van der Waals surface area contributed by atoms with Crippen molar-refractivity contribution in [3.63, 3.8) is 0 Å². The van der Waals surface area contributed by atoms with E-state index in [4.69, 9.17) is 10.5 Å². The van der Waals surface area contributed by atoms with Gasteiger partial charge in [0.1, 0.15) is 6.61 Å². The minimum absolute atomic E-state index is 0.108. The summed E-state index contributed by atoms with van der Waals surface area (Å²) < 4.78 is 5.09. The highest BCUT2D eigenvalue weighted by Gasteiger charge is 2.31. The Kier molecular flexibility index (Phi) is 3.03. The van der Waals surface area contributed by atoms with Crippen LogP contribution in [0.2, 0.25) is 0 Å². The second-order valence-electron chi connectivity index (χ2n) is 4.41. The molecule has 0 amide bonds. The molecule has 15 heavy (non-hydrogen) atoms. The molecular formula is C12H17NO2. The molecular weight excluding hydrogens is 190 g/mol. The van der Waals surface area contributed by atoms with Crippen LogP contribution in [0.4, 0.5) is 0 Å². The molecule has 0 bridgehead atoms. The first-order valence-corrected chi connectivity index (χ1v) is 4.85. The Morgan fingerprint density at radius 2 is 2.20 bits per heavy atom. The fraction of sp³-hybridized carbons (Fsp3) is 0.417. The molecule has 0 radical (unpaired) electrons. The third-order valence-electron chi connectivity index (χ3n) is 2.67. The first-order chi connectivity index (χ1) is 6.84. The maximum absolute atomic E-state index is 11.5. The number of esters is 1. The van der Waals surface area contributed by atoms with E-state index >= 15 is 0 Å². The normalized spacial score (nSPS) is 20.6. The monoisotopic (exact) mass is 207 g/mol. The third-order valence-corrected chi connectivity index (χ3v) is 2.67. The van der Waals surface area contributed by atoms with Crippen LogP contribution in [0.15, 0.2) is 35.6 Å². The van der Waals surface area contributed by atoms with Crippen LogP contribution in [0.25, 0.3) is 0 Å². The van der Waals surface area contributed by atoms with Gasteiger partial charge in [-0.3, -0.25) is 0 Å². The lowest BCUT2D eigenvalue weighted by Crippen LogP contribution is -2.30. The summed E-state index contributed by atoms with van der Waals surface area (Å²) in [5.41, 5.74) is 7.33. The molecule has 0 aliphatic carbocycles. The lowest BCUT2D eigenvalue weighted by Gasteiger charge is -2.31. The number of allylic oxidation sites excluding steroid dienone is 1. The molecule has 0 unspecified atom stereocenters. The minimum atomic E-state index is -0.288. The second-order valence-corrected chi connectivity index (χ2v) is 4.41. The molecule has 1 aliphatic rings. The Morgan fingerprint density at radius 3 is 2.73 bits per heavy atom. The first kappa shape index (κ1) is 11.6. The highest BCUT2D eigenvalue weighted by Crippen LogP contribution is 2.33. The van der Waals surface area contributed by atoms with Crippen molar-refractivity contribution < 1.29 is 9.53 Å². The number of cyclic esters (lactones) is 1.